The summed E-state index contributed by atoms with van der Waals surface area (Å²) >= 11 is 1.13. The predicted molar refractivity (Wildman–Crippen MR) is 117 cm³/mol. The first kappa shape index (κ1) is 23.6. The number of hydrogen-bond donors (Lipinski definition) is 1. The van der Waals surface area contributed by atoms with Gasteiger partial charge in [0.25, 0.3) is 0 Å². The second-order valence-electron chi connectivity index (χ2n) is 7.07. The third-order valence-corrected chi connectivity index (χ3v) is 5.70. The molecular weight excluding hydrogens is 441 g/mol. The number of thioether (sulfide) groups is 1. The zero-order valence-corrected chi connectivity index (χ0v) is 18.6. The lowest BCUT2D eigenvalue weighted by Gasteiger charge is -2.14. The Bertz CT molecular complexity index is 1070. The topological polar surface area (TPSA) is 69.0 Å². The fourth-order valence-corrected chi connectivity index (χ4v) is 3.68. The lowest BCUT2D eigenvalue weighted by molar-refractivity contribution is -0.137. The molecule has 0 spiro atoms. The van der Waals surface area contributed by atoms with Crippen LogP contribution in [0.25, 0.3) is 0 Å². The van der Waals surface area contributed by atoms with Crippen LogP contribution in [0.4, 0.5) is 18.9 Å². The van der Waals surface area contributed by atoms with Crippen molar-refractivity contribution in [3.63, 3.8) is 0 Å². The summed E-state index contributed by atoms with van der Waals surface area (Å²) in [6.07, 6.45) is -3.89. The number of benzene rings is 2. The van der Waals surface area contributed by atoms with E-state index in [1.165, 1.54) is 17.7 Å². The molecule has 1 N–H and O–H groups in total. The van der Waals surface area contributed by atoms with Crippen LogP contribution >= 0.6 is 11.8 Å². The van der Waals surface area contributed by atoms with Crippen LogP contribution in [-0.4, -0.2) is 26.4 Å². The number of carbonyl (C=O) groups excluding carboxylic acids is 1. The maximum absolute atomic E-state index is 12.8. The van der Waals surface area contributed by atoms with E-state index < -0.39 is 17.6 Å². The minimum atomic E-state index is -4.47. The molecule has 10 heteroatoms. The number of alkyl halides is 3. The van der Waals surface area contributed by atoms with Crippen LogP contribution in [0.3, 0.4) is 0 Å². The summed E-state index contributed by atoms with van der Waals surface area (Å²) in [5, 5.41) is 11.2. The lowest BCUT2D eigenvalue weighted by Crippen LogP contribution is -2.15. The molecular formula is C22H23F3N4O2S. The first-order valence-electron chi connectivity index (χ1n) is 9.92. The van der Waals surface area contributed by atoms with Gasteiger partial charge in [0.2, 0.25) is 5.91 Å². The molecule has 0 aliphatic rings. The van der Waals surface area contributed by atoms with Crippen molar-refractivity contribution in [3.05, 3.63) is 65.5 Å². The van der Waals surface area contributed by atoms with Gasteiger partial charge in [-0.2, -0.15) is 13.2 Å². The Balaban J connectivity index is 1.57. The largest absolute Gasteiger partial charge is 0.483 e. The molecule has 1 atom stereocenters. The summed E-state index contributed by atoms with van der Waals surface area (Å²) in [4.78, 5) is 12.2. The van der Waals surface area contributed by atoms with Gasteiger partial charge in [-0.15, -0.1) is 10.2 Å². The van der Waals surface area contributed by atoms with Crippen molar-refractivity contribution in [3.8, 4) is 5.75 Å². The second-order valence-corrected chi connectivity index (χ2v) is 8.02. The van der Waals surface area contributed by atoms with Crippen LogP contribution in [-0.2, 0) is 24.4 Å². The Labute approximate surface area is 188 Å². The minimum Gasteiger partial charge on any atom is -0.483 e. The SMILES string of the molecule is CCc1ccc(OC(C)c2nnc(SCC(=O)Nc3cccc(C(F)(F)F)c3)n2C)cc1. The van der Waals surface area contributed by atoms with Crippen molar-refractivity contribution in [2.24, 2.45) is 7.05 Å². The standard InChI is InChI=1S/C22H23F3N4O2S/c1-4-15-8-10-18(11-9-15)31-14(2)20-27-28-21(29(20)3)32-13-19(30)26-17-7-5-6-16(12-17)22(23,24)25/h5-12,14H,4,13H2,1-3H3,(H,26,30). The molecule has 0 saturated heterocycles. The van der Waals surface area contributed by atoms with E-state index in [1.807, 2.05) is 31.2 Å². The van der Waals surface area contributed by atoms with Crippen LogP contribution < -0.4 is 10.1 Å². The van der Waals surface area contributed by atoms with Crippen LogP contribution in [0.15, 0.2) is 53.7 Å². The van der Waals surface area contributed by atoms with Crippen molar-refractivity contribution in [1.29, 1.82) is 0 Å². The number of anilines is 1. The molecule has 3 aromatic rings. The van der Waals surface area contributed by atoms with Crippen LogP contribution in [0.5, 0.6) is 5.75 Å². The Morgan fingerprint density at radius 3 is 2.56 bits per heavy atom. The maximum atomic E-state index is 12.8. The molecule has 1 heterocycles. The van der Waals surface area contributed by atoms with Crippen molar-refractivity contribution >= 4 is 23.4 Å². The number of amides is 1. The Kier molecular flexibility index (Phi) is 7.44. The number of hydrogen-bond acceptors (Lipinski definition) is 5. The summed E-state index contributed by atoms with van der Waals surface area (Å²) < 4.78 is 46.1. The molecule has 0 bridgehead atoms. The van der Waals surface area contributed by atoms with Crippen molar-refractivity contribution < 1.29 is 22.7 Å². The van der Waals surface area contributed by atoms with Gasteiger partial charge in [-0.05, 0) is 49.2 Å². The number of nitrogens with one attached hydrogen (secondary N) is 1. The van der Waals surface area contributed by atoms with Crippen molar-refractivity contribution in [2.75, 3.05) is 11.1 Å². The molecule has 1 aromatic heterocycles. The molecule has 0 aliphatic heterocycles. The third-order valence-electron chi connectivity index (χ3n) is 4.68. The van der Waals surface area contributed by atoms with E-state index in [0.717, 1.165) is 30.3 Å². The molecule has 3 rings (SSSR count). The quantitative estimate of drug-likeness (QED) is 0.460. The lowest BCUT2D eigenvalue weighted by atomic mass is 10.2. The van der Waals surface area contributed by atoms with Gasteiger partial charge in [-0.1, -0.05) is 36.9 Å². The average molecular weight is 465 g/mol. The van der Waals surface area contributed by atoms with Gasteiger partial charge < -0.3 is 14.6 Å². The molecule has 0 fully saturated rings. The number of aryl methyl sites for hydroxylation is 1. The zero-order chi connectivity index (χ0) is 23.3. The summed E-state index contributed by atoms with van der Waals surface area (Å²) in [6.45, 7) is 3.93. The number of ether oxygens (including phenoxy) is 1. The first-order valence-corrected chi connectivity index (χ1v) is 10.9. The molecule has 0 radical (unpaired) electrons. The van der Waals surface area contributed by atoms with Gasteiger partial charge >= 0.3 is 6.18 Å². The van der Waals surface area contributed by atoms with E-state index in [2.05, 4.69) is 22.4 Å². The highest BCUT2D eigenvalue weighted by Crippen LogP contribution is 2.31. The van der Waals surface area contributed by atoms with Gasteiger partial charge in [0, 0.05) is 12.7 Å². The van der Waals surface area contributed by atoms with E-state index in [1.54, 1.807) is 11.6 Å². The summed E-state index contributed by atoms with van der Waals surface area (Å²) in [5.41, 5.74) is 0.477. The maximum Gasteiger partial charge on any atom is 0.416 e. The van der Waals surface area contributed by atoms with Crippen molar-refractivity contribution in [1.82, 2.24) is 14.8 Å². The van der Waals surface area contributed by atoms with E-state index in [0.29, 0.717) is 16.7 Å². The molecule has 170 valence electrons. The molecule has 0 saturated carbocycles. The Morgan fingerprint density at radius 1 is 1.19 bits per heavy atom. The molecule has 6 nitrogen and oxygen atoms in total. The Hall–Kier alpha value is -3.01. The van der Waals surface area contributed by atoms with Gasteiger partial charge in [0.15, 0.2) is 17.1 Å². The van der Waals surface area contributed by atoms with E-state index in [9.17, 15) is 18.0 Å². The molecule has 1 amide bonds. The van der Waals surface area contributed by atoms with E-state index in [-0.39, 0.29) is 17.5 Å². The minimum absolute atomic E-state index is 0.0318. The van der Waals surface area contributed by atoms with Crippen LogP contribution in [0.1, 0.15) is 36.9 Å². The number of aromatic nitrogens is 3. The molecule has 0 aliphatic carbocycles. The number of nitrogens with zero attached hydrogens (tertiary/aromatic N) is 3. The molecule has 1 unspecified atom stereocenters. The predicted octanol–water partition coefficient (Wildman–Crippen LogP) is 5.27. The zero-order valence-electron chi connectivity index (χ0n) is 17.8. The average Bonchev–Trinajstić information content (AvgIpc) is 3.13. The first-order chi connectivity index (χ1) is 15.2. The smallest absolute Gasteiger partial charge is 0.416 e. The fourth-order valence-electron chi connectivity index (χ4n) is 2.97. The highest BCUT2D eigenvalue weighted by atomic mass is 32.2. The van der Waals surface area contributed by atoms with Crippen LogP contribution in [0, 0.1) is 0 Å². The van der Waals surface area contributed by atoms with Crippen molar-refractivity contribution in [2.45, 2.75) is 37.7 Å². The second kappa shape index (κ2) is 10.1. The number of carbonyl (C=O) groups is 1. The number of halogens is 3. The highest BCUT2D eigenvalue weighted by Gasteiger charge is 2.30. The van der Waals surface area contributed by atoms with E-state index >= 15 is 0 Å². The van der Waals surface area contributed by atoms with Gasteiger partial charge in [-0.3, -0.25) is 4.79 Å². The number of rotatable bonds is 8. The van der Waals surface area contributed by atoms with E-state index in [4.69, 9.17) is 4.74 Å². The Morgan fingerprint density at radius 2 is 1.91 bits per heavy atom. The monoisotopic (exact) mass is 464 g/mol. The summed E-state index contributed by atoms with van der Waals surface area (Å²) in [7, 11) is 1.77. The summed E-state index contributed by atoms with van der Waals surface area (Å²) in [6, 6.07) is 12.3. The molecule has 32 heavy (non-hydrogen) atoms. The third kappa shape index (κ3) is 6.03. The van der Waals surface area contributed by atoms with Gasteiger partial charge in [-0.25, -0.2) is 0 Å². The van der Waals surface area contributed by atoms with Gasteiger partial charge in [0.05, 0.1) is 11.3 Å². The summed E-state index contributed by atoms with van der Waals surface area (Å²) in [5.74, 6) is 0.826. The van der Waals surface area contributed by atoms with Crippen LogP contribution in [0.2, 0.25) is 0 Å². The fraction of sp³-hybridized carbons (Fsp3) is 0.318. The highest BCUT2D eigenvalue weighted by molar-refractivity contribution is 7.99. The van der Waals surface area contributed by atoms with Gasteiger partial charge in [0.1, 0.15) is 5.75 Å². The normalized spacial score (nSPS) is 12.4. The molecule has 2 aromatic carbocycles.